The molecule has 2 aromatic heterocycles. The lowest BCUT2D eigenvalue weighted by Gasteiger charge is -2.23. The fraction of sp³-hybridized carbons (Fsp3) is 0.214. The minimum atomic E-state index is -5.20. The Kier molecular flexibility index (Phi) is 8.67. The predicted octanol–water partition coefficient (Wildman–Crippen LogP) is 4.39. The van der Waals surface area contributed by atoms with E-state index in [2.05, 4.69) is 20.0 Å². The molecule has 0 saturated heterocycles. The van der Waals surface area contributed by atoms with E-state index in [9.17, 15) is 32.7 Å². The zero-order valence-electron chi connectivity index (χ0n) is 21.0. The number of ether oxygens (including phenoxy) is 1. The molecule has 2 heterocycles. The van der Waals surface area contributed by atoms with E-state index in [1.807, 2.05) is 54.6 Å². The van der Waals surface area contributed by atoms with E-state index in [1.165, 1.54) is 17.1 Å². The molecule has 2 atom stereocenters. The first-order chi connectivity index (χ1) is 19.1. The normalized spacial score (nSPS) is 12.9. The molecule has 0 spiro atoms. The average molecular weight is 555 g/mol. The number of hydrogen-bond acceptors (Lipinski definition) is 5. The highest BCUT2D eigenvalue weighted by molar-refractivity contribution is 5.85. The maximum atomic E-state index is 13.2. The fourth-order valence-electron chi connectivity index (χ4n) is 4.13. The largest absolute Gasteiger partial charge is 0.490 e. The number of carbonyl (C=O) groups excluding carboxylic acids is 2. The third-order valence-electron chi connectivity index (χ3n) is 6.08. The molecule has 0 aliphatic rings. The van der Waals surface area contributed by atoms with Crippen molar-refractivity contribution < 1.29 is 37.4 Å². The van der Waals surface area contributed by atoms with Crippen LogP contribution in [-0.4, -0.2) is 56.3 Å². The van der Waals surface area contributed by atoms with Crippen LogP contribution < -0.4 is 5.32 Å². The molecular weight excluding hydrogens is 529 g/mol. The van der Waals surface area contributed by atoms with Crippen LogP contribution >= 0.6 is 0 Å². The van der Waals surface area contributed by atoms with Gasteiger partial charge in [0.2, 0.25) is 5.91 Å². The molecule has 3 N–H and O–H groups in total. The summed E-state index contributed by atoms with van der Waals surface area (Å²) in [5, 5.41) is 12.0. The summed E-state index contributed by atoms with van der Waals surface area (Å²) in [5.74, 6) is -4.42. The Bertz CT molecular complexity index is 1430. The quantitative estimate of drug-likeness (QED) is 0.236. The lowest BCUT2D eigenvalue weighted by molar-refractivity contribution is -0.200. The molecule has 0 aliphatic carbocycles. The topological polar surface area (TPSA) is 126 Å². The van der Waals surface area contributed by atoms with E-state index in [-0.39, 0.29) is 6.42 Å². The molecule has 0 bridgehead atoms. The van der Waals surface area contributed by atoms with Crippen LogP contribution in [0.15, 0.2) is 85.6 Å². The molecule has 0 fully saturated rings. The smallest absolute Gasteiger partial charge is 0.481 e. The van der Waals surface area contributed by atoms with E-state index in [1.54, 1.807) is 18.5 Å². The second kappa shape index (κ2) is 12.3. The van der Waals surface area contributed by atoms with Crippen LogP contribution in [0, 0.1) is 0 Å². The van der Waals surface area contributed by atoms with E-state index < -0.39 is 49.1 Å². The highest BCUT2D eigenvalue weighted by atomic mass is 19.4. The van der Waals surface area contributed by atoms with Gasteiger partial charge in [0.15, 0.2) is 0 Å². The van der Waals surface area contributed by atoms with Crippen molar-refractivity contribution in [3.05, 3.63) is 91.3 Å². The number of nitrogens with one attached hydrogen (secondary N) is 2. The molecule has 208 valence electrons. The van der Waals surface area contributed by atoms with E-state index in [0.717, 1.165) is 22.3 Å². The summed E-state index contributed by atoms with van der Waals surface area (Å²) >= 11 is 0. The number of esters is 1. The maximum Gasteiger partial charge on any atom is 0.490 e. The van der Waals surface area contributed by atoms with Crippen LogP contribution in [0.1, 0.15) is 18.2 Å². The fourth-order valence-corrected chi connectivity index (χ4v) is 4.13. The number of carbonyl (C=O) groups is 3. The first kappa shape index (κ1) is 28.1. The van der Waals surface area contributed by atoms with E-state index in [4.69, 9.17) is 0 Å². The number of rotatable bonds is 11. The summed E-state index contributed by atoms with van der Waals surface area (Å²) in [6.45, 7) is -0.784. The molecule has 0 unspecified atom stereocenters. The number of aromatic amines is 1. The first-order valence-electron chi connectivity index (χ1n) is 12.2. The summed E-state index contributed by atoms with van der Waals surface area (Å²) in [5.41, 5.74) is 4.10. The number of aromatic nitrogens is 3. The Balaban J connectivity index is 1.51. The summed E-state index contributed by atoms with van der Waals surface area (Å²) in [6.07, 6.45) is 0.0970. The Morgan fingerprint density at radius 1 is 0.975 bits per heavy atom. The number of aliphatic carboxylic acids is 1. The van der Waals surface area contributed by atoms with Crippen LogP contribution in [0.25, 0.3) is 22.3 Å². The highest BCUT2D eigenvalue weighted by Gasteiger charge is 2.41. The molecule has 2 aromatic carbocycles. The highest BCUT2D eigenvalue weighted by Crippen LogP contribution is 2.27. The Hall–Kier alpha value is -4.87. The molecular formula is C28H25F3N4O5. The zero-order chi connectivity index (χ0) is 28.7. The molecule has 4 rings (SSSR count). The zero-order valence-corrected chi connectivity index (χ0v) is 21.0. The Labute approximate surface area is 226 Å². The lowest BCUT2D eigenvalue weighted by Crippen LogP contribution is -2.45. The van der Waals surface area contributed by atoms with Crippen LogP contribution in [0.2, 0.25) is 0 Å². The molecule has 12 heteroatoms. The number of carboxylic acids is 1. The molecule has 9 nitrogen and oxygen atoms in total. The molecule has 0 aliphatic heterocycles. The number of benzene rings is 2. The first-order valence-corrected chi connectivity index (χ1v) is 12.2. The van der Waals surface area contributed by atoms with Crippen molar-refractivity contribution in [3.8, 4) is 22.3 Å². The van der Waals surface area contributed by atoms with Gasteiger partial charge in [-0.2, -0.15) is 13.2 Å². The number of halogens is 3. The van der Waals surface area contributed by atoms with Gasteiger partial charge >= 0.3 is 18.1 Å². The second-order valence-electron chi connectivity index (χ2n) is 8.99. The standard InChI is InChI=1S/C28H25F3N4O5/c29-28(30,31)27(39)40-16-23(12-22-14-32-17-33-22)34-26(38)24(13-25(36)37)35-11-10-21(15-35)20-8-6-19(7-9-20)18-4-2-1-3-5-18/h1-11,14-15,17,23-24H,12-13,16H2,(H,32,33)(H,34,38)(H,36,37)/t23-,24+/m0/s1. The number of imidazole rings is 1. The number of nitrogens with zero attached hydrogens (tertiary/aromatic N) is 2. The van der Waals surface area contributed by atoms with Gasteiger partial charge in [0.1, 0.15) is 12.6 Å². The van der Waals surface area contributed by atoms with Crippen LogP contribution in [0.4, 0.5) is 13.2 Å². The molecule has 40 heavy (non-hydrogen) atoms. The maximum absolute atomic E-state index is 13.2. The minimum absolute atomic E-state index is 0.0403. The van der Waals surface area contributed by atoms with E-state index >= 15 is 0 Å². The van der Waals surface area contributed by atoms with Crippen molar-refractivity contribution in [3.63, 3.8) is 0 Å². The summed E-state index contributed by atoms with van der Waals surface area (Å²) in [7, 11) is 0. The van der Waals surface area contributed by atoms with Gasteiger partial charge in [-0.15, -0.1) is 0 Å². The van der Waals surface area contributed by atoms with E-state index in [0.29, 0.717) is 5.69 Å². The van der Waals surface area contributed by atoms with Crippen molar-refractivity contribution in [2.45, 2.75) is 31.1 Å². The summed E-state index contributed by atoms with van der Waals surface area (Å²) < 4.78 is 43.7. The number of alkyl halides is 3. The van der Waals surface area contributed by atoms with Crippen LogP contribution in [-0.2, 0) is 25.5 Å². The number of amides is 1. The molecule has 4 aromatic rings. The second-order valence-corrected chi connectivity index (χ2v) is 8.99. The molecule has 0 radical (unpaired) electrons. The summed E-state index contributed by atoms with van der Waals surface area (Å²) in [4.78, 5) is 42.7. The van der Waals surface area contributed by atoms with Crippen molar-refractivity contribution in [2.75, 3.05) is 6.61 Å². The minimum Gasteiger partial charge on any atom is -0.481 e. The van der Waals surface area contributed by atoms with Gasteiger partial charge in [0.25, 0.3) is 0 Å². The molecule has 1 amide bonds. The van der Waals surface area contributed by atoms with Crippen LogP contribution in [0.5, 0.6) is 0 Å². The van der Waals surface area contributed by atoms with Crippen molar-refractivity contribution in [2.24, 2.45) is 0 Å². The Morgan fingerprint density at radius 2 is 1.62 bits per heavy atom. The predicted molar refractivity (Wildman–Crippen MR) is 138 cm³/mol. The third kappa shape index (κ3) is 7.37. The number of H-pyrrole nitrogens is 1. The number of carboxylic acid groups (broad SMARTS) is 1. The Morgan fingerprint density at radius 3 is 2.23 bits per heavy atom. The van der Waals surface area contributed by atoms with Gasteiger partial charge in [-0.3, -0.25) is 9.59 Å². The SMILES string of the molecule is O=C(O)C[C@H](C(=O)N[C@H](COC(=O)C(F)(F)F)Cc1cnc[nH]1)n1ccc(-c2ccc(-c3ccccc3)cc2)c1. The van der Waals surface area contributed by atoms with Crippen LogP contribution in [0.3, 0.4) is 0 Å². The average Bonchev–Trinajstić information content (AvgIpc) is 3.63. The third-order valence-corrected chi connectivity index (χ3v) is 6.08. The van der Waals surface area contributed by atoms with Gasteiger partial charge in [0, 0.05) is 30.7 Å². The monoisotopic (exact) mass is 554 g/mol. The van der Waals surface area contributed by atoms with Crippen molar-refractivity contribution in [1.82, 2.24) is 19.9 Å². The molecule has 0 saturated carbocycles. The van der Waals surface area contributed by atoms with Gasteiger partial charge in [-0.05, 0) is 28.3 Å². The van der Waals surface area contributed by atoms with Gasteiger partial charge in [-0.25, -0.2) is 9.78 Å². The number of hydrogen-bond donors (Lipinski definition) is 3. The summed E-state index contributed by atoms with van der Waals surface area (Å²) in [6, 6.07) is 16.9. The van der Waals surface area contributed by atoms with Gasteiger partial charge < -0.3 is 24.7 Å². The van der Waals surface area contributed by atoms with Gasteiger partial charge in [0.05, 0.1) is 18.8 Å². The van der Waals surface area contributed by atoms with Gasteiger partial charge in [-0.1, -0.05) is 54.6 Å². The lowest BCUT2D eigenvalue weighted by atomic mass is 10.0. The van der Waals surface area contributed by atoms with Crippen molar-refractivity contribution >= 4 is 17.8 Å². The van der Waals surface area contributed by atoms with Crippen molar-refractivity contribution in [1.29, 1.82) is 0 Å².